The van der Waals surface area contributed by atoms with E-state index in [1.54, 1.807) is 0 Å². The number of nitrogens with one attached hydrogen (secondary N) is 1. The number of anilines is 1. The molecule has 100 valence electrons. The molecule has 0 aliphatic carbocycles. The summed E-state index contributed by atoms with van der Waals surface area (Å²) in [5, 5.41) is 3.44. The molecule has 2 heterocycles. The van der Waals surface area contributed by atoms with Gasteiger partial charge in [-0.3, -0.25) is 0 Å². The summed E-state index contributed by atoms with van der Waals surface area (Å²) in [5.74, 6) is 1.50. The monoisotopic (exact) mass is 248 g/mol. The largest absolute Gasteiger partial charge is 0.339 e. The predicted octanol–water partition coefficient (Wildman–Crippen LogP) is 1.82. The standard InChI is InChI=1S/C14H24N4/c1-11-7-15-5-6-18(10-11)13-16-8-12(9-17-13)14(2,3)4/h8-9,11,15H,5-7,10H2,1-4H3. The topological polar surface area (TPSA) is 41.0 Å². The van der Waals surface area contributed by atoms with E-state index >= 15 is 0 Å². The SMILES string of the molecule is CC1CNCCN(c2ncc(C(C)(C)C)cn2)C1. The molecule has 1 aromatic rings. The Morgan fingerprint density at radius 1 is 1.28 bits per heavy atom. The van der Waals surface area contributed by atoms with Gasteiger partial charge in [-0.15, -0.1) is 0 Å². The lowest BCUT2D eigenvalue weighted by atomic mass is 9.89. The van der Waals surface area contributed by atoms with Crippen molar-refractivity contribution >= 4 is 5.95 Å². The number of nitrogens with zero attached hydrogens (tertiary/aromatic N) is 3. The molecular formula is C14H24N4. The van der Waals surface area contributed by atoms with E-state index in [0.717, 1.165) is 32.1 Å². The summed E-state index contributed by atoms with van der Waals surface area (Å²) in [6.45, 7) is 12.9. The number of hydrogen-bond acceptors (Lipinski definition) is 4. The highest BCUT2D eigenvalue weighted by Crippen LogP contribution is 2.21. The summed E-state index contributed by atoms with van der Waals surface area (Å²) in [6.07, 6.45) is 3.93. The highest BCUT2D eigenvalue weighted by molar-refractivity contribution is 5.31. The minimum absolute atomic E-state index is 0.117. The molecule has 1 aliphatic rings. The first-order chi connectivity index (χ1) is 8.47. The second-order valence-corrected chi connectivity index (χ2v) is 6.28. The van der Waals surface area contributed by atoms with E-state index in [4.69, 9.17) is 0 Å². The second kappa shape index (κ2) is 5.22. The van der Waals surface area contributed by atoms with Crippen molar-refractivity contribution in [3.63, 3.8) is 0 Å². The van der Waals surface area contributed by atoms with E-state index in [9.17, 15) is 0 Å². The molecule has 1 saturated heterocycles. The van der Waals surface area contributed by atoms with Crippen LogP contribution in [0.25, 0.3) is 0 Å². The average Bonchev–Trinajstić information content (AvgIpc) is 2.53. The molecule has 0 bridgehead atoms. The van der Waals surface area contributed by atoms with Gasteiger partial charge in [-0.1, -0.05) is 27.7 Å². The van der Waals surface area contributed by atoms with Gasteiger partial charge in [0.25, 0.3) is 0 Å². The van der Waals surface area contributed by atoms with Crippen molar-refractivity contribution in [2.75, 3.05) is 31.1 Å². The van der Waals surface area contributed by atoms with Crippen molar-refractivity contribution in [2.24, 2.45) is 5.92 Å². The number of rotatable bonds is 1. The molecule has 1 aromatic heterocycles. The lowest BCUT2D eigenvalue weighted by Gasteiger charge is -2.23. The first-order valence-corrected chi connectivity index (χ1v) is 6.75. The van der Waals surface area contributed by atoms with Gasteiger partial charge < -0.3 is 10.2 Å². The Kier molecular flexibility index (Phi) is 3.85. The Balaban J connectivity index is 2.13. The van der Waals surface area contributed by atoms with Crippen molar-refractivity contribution in [1.82, 2.24) is 15.3 Å². The van der Waals surface area contributed by atoms with Gasteiger partial charge in [0.1, 0.15) is 0 Å². The van der Waals surface area contributed by atoms with Gasteiger partial charge in [-0.25, -0.2) is 9.97 Å². The number of hydrogen-bond donors (Lipinski definition) is 1. The zero-order chi connectivity index (χ0) is 13.2. The fourth-order valence-electron chi connectivity index (χ4n) is 2.15. The molecule has 4 nitrogen and oxygen atoms in total. The van der Waals surface area contributed by atoms with Crippen molar-refractivity contribution < 1.29 is 0 Å². The Morgan fingerprint density at radius 3 is 2.56 bits per heavy atom. The van der Waals surface area contributed by atoms with Gasteiger partial charge in [0.05, 0.1) is 0 Å². The Morgan fingerprint density at radius 2 is 1.94 bits per heavy atom. The van der Waals surface area contributed by atoms with Gasteiger partial charge in [-0.2, -0.15) is 0 Å². The third-order valence-corrected chi connectivity index (χ3v) is 3.37. The summed E-state index contributed by atoms with van der Waals surface area (Å²) in [4.78, 5) is 11.3. The zero-order valence-corrected chi connectivity index (χ0v) is 11.9. The quantitative estimate of drug-likeness (QED) is 0.823. The van der Waals surface area contributed by atoms with Crippen LogP contribution in [0, 0.1) is 5.92 Å². The van der Waals surface area contributed by atoms with E-state index in [-0.39, 0.29) is 5.41 Å². The maximum atomic E-state index is 4.53. The van der Waals surface area contributed by atoms with Crippen LogP contribution in [0.5, 0.6) is 0 Å². The van der Waals surface area contributed by atoms with Gasteiger partial charge in [0.2, 0.25) is 5.95 Å². The average molecular weight is 248 g/mol. The first-order valence-electron chi connectivity index (χ1n) is 6.75. The molecule has 1 N–H and O–H groups in total. The van der Waals surface area contributed by atoms with E-state index in [2.05, 4.69) is 47.9 Å². The molecule has 0 radical (unpaired) electrons. The second-order valence-electron chi connectivity index (χ2n) is 6.28. The van der Waals surface area contributed by atoms with Gasteiger partial charge >= 0.3 is 0 Å². The van der Waals surface area contributed by atoms with Crippen molar-refractivity contribution in [1.29, 1.82) is 0 Å². The Labute approximate surface area is 110 Å². The first kappa shape index (κ1) is 13.3. The third-order valence-electron chi connectivity index (χ3n) is 3.37. The van der Waals surface area contributed by atoms with Crippen LogP contribution in [0.15, 0.2) is 12.4 Å². The molecule has 2 rings (SSSR count). The summed E-state index contributed by atoms with van der Waals surface area (Å²) in [5.41, 5.74) is 1.30. The van der Waals surface area contributed by atoms with Crippen molar-refractivity contribution in [3.8, 4) is 0 Å². The maximum Gasteiger partial charge on any atom is 0.225 e. The highest BCUT2D eigenvalue weighted by Gasteiger charge is 2.18. The molecule has 18 heavy (non-hydrogen) atoms. The zero-order valence-electron chi connectivity index (χ0n) is 11.9. The van der Waals surface area contributed by atoms with Crippen molar-refractivity contribution in [3.05, 3.63) is 18.0 Å². The van der Waals surface area contributed by atoms with Gasteiger partial charge in [0, 0.05) is 32.0 Å². The van der Waals surface area contributed by atoms with Crippen LogP contribution in [0.3, 0.4) is 0 Å². The summed E-state index contributed by atoms with van der Waals surface area (Å²) < 4.78 is 0. The minimum Gasteiger partial charge on any atom is -0.339 e. The Bertz CT molecular complexity index is 380. The molecule has 4 heteroatoms. The molecule has 0 amide bonds. The molecule has 1 fully saturated rings. The summed E-state index contributed by atoms with van der Waals surface area (Å²) in [6, 6.07) is 0. The van der Waals surface area contributed by atoms with E-state index < -0.39 is 0 Å². The van der Waals surface area contributed by atoms with Crippen LogP contribution in [-0.4, -0.2) is 36.1 Å². The summed E-state index contributed by atoms with van der Waals surface area (Å²) >= 11 is 0. The molecule has 0 spiro atoms. The van der Waals surface area contributed by atoms with Crippen molar-refractivity contribution in [2.45, 2.75) is 33.1 Å². The Hall–Kier alpha value is -1.16. The number of aromatic nitrogens is 2. The predicted molar refractivity (Wildman–Crippen MR) is 75.0 cm³/mol. The van der Waals surface area contributed by atoms with E-state index in [0.29, 0.717) is 5.92 Å². The van der Waals surface area contributed by atoms with Crippen LogP contribution in [0.4, 0.5) is 5.95 Å². The molecular weight excluding hydrogens is 224 g/mol. The molecule has 0 aromatic carbocycles. The lowest BCUT2D eigenvalue weighted by Crippen LogP contribution is -2.31. The normalized spacial score (nSPS) is 21.8. The van der Waals surface area contributed by atoms with Gasteiger partial charge in [-0.05, 0) is 23.4 Å². The maximum absolute atomic E-state index is 4.53. The van der Waals surface area contributed by atoms with Crippen LogP contribution >= 0.6 is 0 Å². The molecule has 1 unspecified atom stereocenters. The highest BCUT2D eigenvalue weighted by atomic mass is 15.3. The smallest absolute Gasteiger partial charge is 0.225 e. The lowest BCUT2D eigenvalue weighted by molar-refractivity contribution is 0.559. The fraction of sp³-hybridized carbons (Fsp3) is 0.714. The van der Waals surface area contributed by atoms with Gasteiger partial charge in [0.15, 0.2) is 0 Å². The molecule has 1 atom stereocenters. The van der Waals surface area contributed by atoms with Crippen LogP contribution in [-0.2, 0) is 5.41 Å². The molecule has 0 saturated carbocycles. The fourth-order valence-corrected chi connectivity index (χ4v) is 2.15. The molecule has 1 aliphatic heterocycles. The summed E-state index contributed by atoms with van der Waals surface area (Å²) in [7, 11) is 0. The van der Waals surface area contributed by atoms with Crippen LogP contribution in [0.1, 0.15) is 33.3 Å². The van der Waals surface area contributed by atoms with Crippen LogP contribution < -0.4 is 10.2 Å². The third kappa shape index (κ3) is 3.19. The van der Waals surface area contributed by atoms with E-state index in [1.807, 2.05) is 12.4 Å². The van der Waals surface area contributed by atoms with Crippen LogP contribution in [0.2, 0.25) is 0 Å². The minimum atomic E-state index is 0.117. The van der Waals surface area contributed by atoms with E-state index in [1.165, 1.54) is 5.56 Å².